The molecule has 0 heterocycles. The van der Waals surface area contributed by atoms with E-state index >= 15 is 0 Å². The zero-order chi connectivity index (χ0) is 6.85. The number of hydrogen-bond donors (Lipinski definition) is 0. The molecule has 0 amide bonds. The van der Waals surface area contributed by atoms with E-state index in [1.165, 1.54) is 12.1 Å². The SMILES string of the molecule is [N]c1ccc(I)cc1F. The van der Waals surface area contributed by atoms with Crippen LogP contribution in [0.1, 0.15) is 0 Å². The third-order valence-corrected chi connectivity index (χ3v) is 1.58. The lowest BCUT2D eigenvalue weighted by molar-refractivity contribution is 0.628. The Morgan fingerprint density at radius 1 is 1.44 bits per heavy atom. The Kier molecular flexibility index (Phi) is 1.90. The lowest BCUT2D eigenvalue weighted by atomic mass is 10.3. The number of rotatable bonds is 0. The van der Waals surface area contributed by atoms with Crippen molar-refractivity contribution in [1.29, 1.82) is 0 Å². The highest BCUT2D eigenvalue weighted by Crippen LogP contribution is 2.14. The Morgan fingerprint density at radius 2 is 2.11 bits per heavy atom. The van der Waals surface area contributed by atoms with E-state index in [2.05, 4.69) is 0 Å². The van der Waals surface area contributed by atoms with Gasteiger partial charge in [-0.25, -0.2) is 4.39 Å². The van der Waals surface area contributed by atoms with Crippen molar-refractivity contribution in [2.75, 3.05) is 0 Å². The Bertz CT molecular complexity index is 224. The van der Waals surface area contributed by atoms with Gasteiger partial charge in [0.15, 0.2) is 5.82 Å². The molecule has 0 spiro atoms. The highest BCUT2D eigenvalue weighted by molar-refractivity contribution is 14.1. The predicted molar refractivity (Wildman–Crippen MR) is 40.9 cm³/mol. The van der Waals surface area contributed by atoms with Gasteiger partial charge >= 0.3 is 0 Å². The van der Waals surface area contributed by atoms with Gasteiger partial charge in [-0.3, -0.25) is 0 Å². The van der Waals surface area contributed by atoms with Crippen molar-refractivity contribution in [3.05, 3.63) is 27.6 Å². The minimum Gasteiger partial charge on any atom is -0.205 e. The predicted octanol–water partition coefficient (Wildman–Crippen LogP) is 2.13. The van der Waals surface area contributed by atoms with E-state index in [0.29, 0.717) is 0 Å². The van der Waals surface area contributed by atoms with Crippen LogP contribution in [0.3, 0.4) is 0 Å². The summed E-state index contributed by atoms with van der Waals surface area (Å²) in [6.07, 6.45) is 0. The molecule has 1 aromatic carbocycles. The first-order valence-corrected chi connectivity index (χ1v) is 3.42. The molecule has 0 aliphatic heterocycles. The molecule has 0 saturated heterocycles. The molecule has 0 atom stereocenters. The summed E-state index contributed by atoms with van der Waals surface area (Å²) in [5.74, 6) is -0.568. The molecule has 3 heteroatoms. The standard InChI is InChI=1S/C6H3FIN/c7-5-3-4(8)1-2-6(5)9/h1-3H. The van der Waals surface area contributed by atoms with Gasteiger partial charge in [-0.2, -0.15) is 0 Å². The van der Waals surface area contributed by atoms with E-state index in [0.717, 1.165) is 3.57 Å². The molecule has 46 valence electrons. The Labute approximate surface area is 66.2 Å². The van der Waals surface area contributed by atoms with Gasteiger partial charge in [0.25, 0.3) is 0 Å². The second-order valence-electron chi connectivity index (χ2n) is 1.60. The molecule has 1 rings (SSSR count). The second kappa shape index (κ2) is 2.51. The zero-order valence-electron chi connectivity index (χ0n) is 4.44. The minimum atomic E-state index is -0.568. The summed E-state index contributed by atoms with van der Waals surface area (Å²) >= 11 is 1.97. The Hall–Kier alpha value is -0.320. The Morgan fingerprint density at radius 3 is 2.56 bits per heavy atom. The van der Waals surface area contributed by atoms with Gasteiger partial charge in [0.05, 0.1) is 0 Å². The largest absolute Gasteiger partial charge is 0.205 e. The summed E-state index contributed by atoms with van der Waals surface area (Å²) in [6, 6.07) is 4.24. The maximum absolute atomic E-state index is 12.3. The van der Waals surface area contributed by atoms with Crippen LogP contribution < -0.4 is 5.73 Å². The smallest absolute Gasteiger partial charge is 0.151 e. The summed E-state index contributed by atoms with van der Waals surface area (Å²) in [4.78, 5) is 0. The normalized spacial score (nSPS) is 9.56. The van der Waals surface area contributed by atoms with Crippen molar-refractivity contribution in [2.45, 2.75) is 0 Å². The summed E-state index contributed by atoms with van der Waals surface area (Å²) in [5.41, 5.74) is 8.37. The van der Waals surface area contributed by atoms with Crippen LogP contribution in [-0.4, -0.2) is 0 Å². The van der Waals surface area contributed by atoms with Crippen molar-refractivity contribution in [3.8, 4) is 0 Å². The molecular weight excluding hydrogens is 232 g/mol. The monoisotopic (exact) mass is 235 g/mol. The van der Waals surface area contributed by atoms with Crippen molar-refractivity contribution in [3.63, 3.8) is 0 Å². The van der Waals surface area contributed by atoms with Crippen LogP contribution in [-0.2, 0) is 0 Å². The summed E-state index contributed by atoms with van der Waals surface area (Å²) in [6.45, 7) is 0. The van der Waals surface area contributed by atoms with Gasteiger partial charge in [-0.15, -0.1) is 5.73 Å². The quantitative estimate of drug-likeness (QED) is 0.614. The summed E-state index contributed by atoms with van der Waals surface area (Å²) in [7, 11) is 0. The third-order valence-electron chi connectivity index (χ3n) is 0.910. The fourth-order valence-electron chi connectivity index (χ4n) is 0.481. The fourth-order valence-corrected chi connectivity index (χ4v) is 0.934. The van der Waals surface area contributed by atoms with E-state index in [-0.39, 0.29) is 5.69 Å². The van der Waals surface area contributed by atoms with Gasteiger partial charge in [0, 0.05) is 3.57 Å². The molecule has 9 heavy (non-hydrogen) atoms. The van der Waals surface area contributed by atoms with E-state index < -0.39 is 5.82 Å². The van der Waals surface area contributed by atoms with Gasteiger partial charge in [0.1, 0.15) is 5.69 Å². The molecule has 0 aromatic heterocycles. The van der Waals surface area contributed by atoms with Crippen LogP contribution in [0, 0.1) is 9.39 Å². The molecule has 1 aromatic rings. The minimum absolute atomic E-state index is 0.296. The van der Waals surface area contributed by atoms with Gasteiger partial charge in [-0.1, -0.05) is 0 Å². The van der Waals surface area contributed by atoms with Gasteiger partial charge in [0.2, 0.25) is 0 Å². The second-order valence-corrected chi connectivity index (χ2v) is 2.84. The summed E-state index contributed by atoms with van der Waals surface area (Å²) < 4.78 is 13.1. The van der Waals surface area contributed by atoms with E-state index in [1.54, 1.807) is 6.07 Å². The van der Waals surface area contributed by atoms with E-state index in [4.69, 9.17) is 5.73 Å². The number of halogens is 2. The number of hydrogen-bond acceptors (Lipinski definition) is 0. The first-order chi connectivity index (χ1) is 4.20. The lowest BCUT2D eigenvalue weighted by Crippen LogP contribution is -1.78. The first-order valence-electron chi connectivity index (χ1n) is 2.34. The maximum atomic E-state index is 12.3. The van der Waals surface area contributed by atoms with Crippen molar-refractivity contribution in [1.82, 2.24) is 5.73 Å². The molecule has 0 aliphatic carbocycles. The fraction of sp³-hybridized carbons (Fsp3) is 0. The highest BCUT2D eigenvalue weighted by Gasteiger charge is 1.97. The molecule has 0 unspecified atom stereocenters. The van der Waals surface area contributed by atoms with Crippen LogP contribution >= 0.6 is 22.6 Å². The molecule has 2 radical (unpaired) electrons. The first kappa shape index (κ1) is 6.80. The van der Waals surface area contributed by atoms with Crippen molar-refractivity contribution >= 4 is 28.3 Å². The summed E-state index contributed by atoms with van der Waals surface area (Å²) in [5, 5.41) is 0. The average Bonchev–Trinajstić information content (AvgIpc) is 1.80. The lowest BCUT2D eigenvalue weighted by Gasteiger charge is -1.90. The maximum Gasteiger partial charge on any atom is 0.151 e. The van der Waals surface area contributed by atoms with E-state index in [1.807, 2.05) is 22.6 Å². The topological polar surface area (TPSA) is 22.3 Å². The van der Waals surface area contributed by atoms with Crippen LogP contribution in [0.2, 0.25) is 0 Å². The van der Waals surface area contributed by atoms with Crippen LogP contribution in [0.5, 0.6) is 0 Å². The van der Waals surface area contributed by atoms with Crippen LogP contribution in [0.4, 0.5) is 10.1 Å². The number of benzene rings is 1. The molecular formula is C6H3FIN. The third kappa shape index (κ3) is 1.54. The molecule has 1 nitrogen and oxygen atoms in total. The van der Waals surface area contributed by atoms with Crippen molar-refractivity contribution < 1.29 is 4.39 Å². The molecule has 0 aliphatic rings. The van der Waals surface area contributed by atoms with Crippen molar-refractivity contribution in [2.24, 2.45) is 0 Å². The Balaban J connectivity index is 3.17. The average molecular weight is 235 g/mol. The van der Waals surface area contributed by atoms with Crippen LogP contribution in [0.25, 0.3) is 0 Å². The zero-order valence-corrected chi connectivity index (χ0v) is 6.59. The van der Waals surface area contributed by atoms with Crippen LogP contribution in [0.15, 0.2) is 18.2 Å². The molecule has 0 N–H and O–H groups in total. The number of nitrogens with zero attached hydrogens (tertiary/aromatic N) is 1. The van der Waals surface area contributed by atoms with Gasteiger partial charge in [-0.05, 0) is 40.8 Å². The molecule has 0 bridgehead atoms. The molecule has 0 fully saturated rings. The van der Waals surface area contributed by atoms with E-state index in [9.17, 15) is 4.39 Å². The molecule has 0 saturated carbocycles. The van der Waals surface area contributed by atoms with Gasteiger partial charge < -0.3 is 0 Å². The highest BCUT2D eigenvalue weighted by atomic mass is 127.